The zero-order chi connectivity index (χ0) is 13.1. The van der Waals surface area contributed by atoms with E-state index in [4.69, 9.17) is 5.73 Å². The molecule has 0 spiro atoms. The van der Waals surface area contributed by atoms with Gasteiger partial charge in [0.05, 0.1) is 9.83 Å². The zero-order valence-corrected chi connectivity index (χ0v) is 13.7. The summed E-state index contributed by atoms with van der Waals surface area (Å²) in [5.41, 5.74) is 7.27. The number of nitrogens with two attached hydrogens (primary N) is 1. The summed E-state index contributed by atoms with van der Waals surface area (Å²) in [6.45, 7) is 3.72. The fourth-order valence-corrected chi connectivity index (χ4v) is 4.23. The number of halogens is 1. The number of aryl methyl sites for hydroxylation is 1. The minimum Gasteiger partial charge on any atom is -0.329 e. The Morgan fingerprint density at radius 2 is 2.22 bits per heavy atom. The van der Waals surface area contributed by atoms with Crippen LogP contribution in [0.5, 0.6) is 0 Å². The van der Waals surface area contributed by atoms with Gasteiger partial charge in [-0.25, -0.2) is 0 Å². The Labute approximate surface area is 125 Å². The molecule has 2 heterocycles. The van der Waals surface area contributed by atoms with Crippen molar-refractivity contribution >= 4 is 38.6 Å². The molecule has 0 fully saturated rings. The van der Waals surface area contributed by atoms with E-state index in [1.807, 2.05) is 11.3 Å². The molecule has 2 N–H and O–H groups in total. The highest BCUT2D eigenvalue weighted by Gasteiger charge is 2.17. The van der Waals surface area contributed by atoms with Gasteiger partial charge in [0, 0.05) is 22.8 Å². The predicted molar refractivity (Wildman–Crippen MR) is 84.3 cm³/mol. The third-order valence-electron chi connectivity index (χ3n) is 2.90. The maximum absolute atomic E-state index is 5.93. The van der Waals surface area contributed by atoms with E-state index >= 15 is 0 Å². The molecule has 2 aromatic rings. The lowest BCUT2D eigenvalue weighted by Gasteiger charge is -2.25. The number of rotatable bonds is 5. The van der Waals surface area contributed by atoms with Crippen LogP contribution < -0.4 is 5.73 Å². The van der Waals surface area contributed by atoms with Crippen LogP contribution in [0, 0.1) is 6.92 Å². The lowest BCUT2D eigenvalue weighted by Crippen LogP contribution is -2.29. The van der Waals surface area contributed by atoms with Crippen LogP contribution in [0.15, 0.2) is 27.4 Å². The fraction of sp³-hybridized carbons (Fsp3) is 0.385. The summed E-state index contributed by atoms with van der Waals surface area (Å²) < 4.78 is 1.18. The molecule has 0 saturated carbocycles. The third kappa shape index (κ3) is 3.42. The molecule has 2 rings (SSSR count). The number of nitrogens with zero attached hydrogens (tertiary/aromatic N) is 1. The van der Waals surface area contributed by atoms with Crippen LogP contribution in [0.4, 0.5) is 0 Å². The summed E-state index contributed by atoms with van der Waals surface area (Å²) in [4.78, 5) is 5.02. The van der Waals surface area contributed by atoms with Crippen LogP contribution in [0.1, 0.15) is 21.4 Å². The van der Waals surface area contributed by atoms with Crippen LogP contribution in [0.3, 0.4) is 0 Å². The summed E-state index contributed by atoms with van der Waals surface area (Å²) in [5.74, 6) is 0. The molecule has 18 heavy (non-hydrogen) atoms. The second-order valence-corrected chi connectivity index (χ2v) is 7.98. The second kappa shape index (κ2) is 6.30. The van der Waals surface area contributed by atoms with Gasteiger partial charge in [-0.2, -0.15) is 0 Å². The van der Waals surface area contributed by atoms with E-state index < -0.39 is 0 Å². The first-order valence-electron chi connectivity index (χ1n) is 5.79. The molecule has 0 aliphatic heterocycles. The molecule has 0 amide bonds. The average Bonchev–Trinajstić information content (AvgIpc) is 2.89. The van der Waals surface area contributed by atoms with Crippen molar-refractivity contribution in [3.05, 3.63) is 42.7 Å². The number of thiophene rings is 2. The number of hydrogen-bond acceptors (Lipinski definition) is 4. The first-order valence-corrected chi connectivity index (χ1v) is 8.28. The van der Waals surface area contributed by atoms with E-state index in [0.717, 1.165) is 6.54 Å². The van der Waals surface area contributed by atoms with Gasteiger partial charge in [0.25, 0.3) is 0 Å². The van der Waals surface area contributed by atoms with Crippen molar-refractivity contribution in [2.45, 2.75) is 19.5 Å². The van der Waals surface area contributed by atoms with Gasteiger partial charge in [-0.1, -0.05) is 0 Å². The Hall–Kier alpha value is -0.200. The largest absolute Gasteiger partial charge is 0.329 e. The van der Waals surface area contributed by atoms with E-state index in [1.165, 1.54) is 19.1 Å². The van der Waals surface area contributed by atoms with E-state index in [-0.39, 0.29) is 0 Å². The van der Waals surface area contributed by atoms with Gasteiger partial charge in [0.15, 0.2) is 0 Å². The van der Waals surface area contributed by atoms with Gasteiger partial charge in [-0.15, -0.1) is 22.7 Å². The SMILES string of the molecule is Cc1ccc(C(CN)N(C)Cc2csc(Br)c2)s1. The Kier molecular flexibility index (Phi) is 4.98. The highest BCUT2D eigenvalue weighted by molar-refractivity contribution is 9.11. The monoisotopic (exact) mass is 344 g/mol. The van der Waals surface area contributed by atoms with Crippen LogP contribution in [0.25, 0.3) is 0 Å². The molecule has 0 saturated heterocycles. The molecule has 1 unspecified atom stereocenters. The van der Waals surface area contributed by atoms with E-state index in [2.05, 4.69) is 58.4 Å². The normalized spacial score (nSPS) is 13.2. The second-order valence-electron chi connectivity index (χ2n) is 4.37. The summed E-state index contributed by atoms with van der Waals surface area (Å²) >= 11 is 7.06. The van der Waals surface area contributed by atoms with Gasteiger partial charge in [-0.05, 0) is 59.0 Å². The van der Waals surface area contributed by atoms with Crippen molar-refractivity contribution < 1.29 is 0 Å². The van der Waals surface area contributed by atoms with E-state index in [9.17, 15) is 0 Å². The highest BCUT2D eigenvalue weighted by Crippen LogP contribution is 2.28. The van der Waals surface area contributed by atoms with Crippen LogP contribution in [-0.4, -0.2) is 18.5 Å². The summed E-state index contributed by atoms with van der Waals surface area (Å²) in [7, 11) is 2.14. The number of hydrogen-bond donors (Lipinski definition) is 1. The number of likely N-dealkylation sites (N-methyl/N-ethyl adjacent to an activating group) is 1. The van der Waals surface area contributed by atoms with Crippen molar-refractivity contribution in [1.29, 1.82) is 0 Å². The fourth-order valence-electron chi connectivity index (χ4n) is 1.97. The minimum absolute atomic E-state index is 0.308. The first-order chi connectivity index (χ1) is 8.60. The Bertz CT molecular complexity index is 507. The van der Waals surface area contributed by atoms with E-state index in [0.29, 0.717) is 12.6 Å². The molecule has 0 aliphatic carbocycles. The van der Waals surface area contributed by atoms with E-state index in [1.54, 1.807) is 11.3 Å². The first kappa shape index (κ1) is 14.2. The van der Waals surface area contributed by atoms with Crippen molar-refractivity contribution in [3.8, 4) is 0 Å². The quantitative estimate of drug-likeness (QED) is 0.887. The van der Waals surface area contributed by atoms with Crippen LogP contribution in [-0.2, 0) is 6.54 Å². The molecule has 5 heteroatoms. The zero-order valence-electron chi connectivity index (χ0n) is 10.5. The smallest absolute Gasteiger partial charge is 0.0701 e. The highest BCUT2D eigenvalue weighted by atomic mass is 79.9. The molecule has 2 nitrogen and oxygen atoms in total. The van der Waals surface area contributed by atoms with Crippen molar-refractivity contribution in [2.24, 2.45) is 5.73 Å². The average molecular weight is 345 g/mol. The summed E-state index contributed by atoms with van der Waals surface area (Å²) in [5, 5.41) is 2.19. The van der Waals surface area contributed by atoms with Crippen LogP contribution >= 0.6 is 38.6 Å². The molecule has 2 aromatic heterocycles. The lowest BCUT2D eigenvalue weighted by atomic mass is 10.2. The van der Waals surface area contributed by atoms with Crippen LogP contribution in [0.2, 0.25) is 0 Å². The minimum atomic E-state index is 0.308. The topological polar surface area (TPSA) is 29.3 Å². The third-order valence-corrected chi connectivity index (χ3v) is 5.55. The Morgan fingerprint density at radius 1 is 1.44 bits per heavy atom. The Morgan fingerprint density at radius 3 is 2.72 bits per heavy atom. The van der Waals surface area contributed by atoms with Crippen molar-refractivity contribution in [1.82, 2.24) is 4.90 Å². The Balaban J connectivity index is 2.08. The molecule has 0 aliphatic rings. The maximum atomic E-state index is 5.93. The molecular formula is C13H17BrN2S2. The molecule has 0 aromatic carbocycles. The summed E-state index contributed by atoms with van der Waals surface area (Å²) in [6, 6.07) is 6.84. The lowest BCUT2D eigenvalue weighted by molar-refractivity contribution is 0.245. The van der Waals surface area contributed by atoms with Gasteiger partial charge < -0.3 is 5.73 Å². The molecule has 0 bridgehead atoms. The van der Waals surface area contributed by atoms with Crippen molar-refractivity contribution in [2.75, 3.05) is 13.6 Å². The van der Waals surface area contributed by atoms with Gasteiger partial charge in [-0.3, -0.25) is 4.90 Å². The molecular weight excluding hydrogens is 328 g/mol. The van der Waals surface area contributed by atoms with Gasteiger partial charge >= 0.3 is 0 Å². The molecule has 1 atom stereocenters. The predicted octanol–water partition coefficient (Wildman–Crippen LogP) is 4.01. The molecule has 0 radical (unpaired) electrons. The van der Waals surface area contributed by atoms with Gasteiger partial charge in [0.2, 0.25) is 0 Å². The van der Waals surface area contributed by atoms with Crippen molar-refractivity contribution in [3.63, 3.8) is 0 Å². The summed E-state index contributed by atoms with van der Waals surface area (Å²) in [6.07, 6.45) is 0. The van der Waals surface area contributed by atoms with Gasteiger partial charge in [0.1, 0.15) is 0 Å². The standard InChI is InChI=1S/C13H17BrN2S2/c1-9-3-4-12(18-9)11(6-15)16(2)7-10-5-13(14)17-8-10/h3-5,8,11H,6-7,15H2,1-2H3. The maximum Gasteiger partial charge on any atom is 0.0701 e. The molecule has 98 valence electrons.